The predicted molar refractivity (Wildman–Crippen MR) is 113 cm³/mol. The van der Waals surface area contributed by atoms with Crippen molar-refractivity contribution in [3.63, 3.8) is 0 Å². The van der Waals surface area contributed by atoms with Crippen LogP contribution in [0.15, 0.2) is 54.9 Å². The summed E-state index contributed by atoms with van der Waals surface area (Å²) in [6.45, 7) is 1.70. The zero-order chi connectivity index (χ0) is 21.3. The van der Waals surface area contributed by atoms with E-state index < -0.39 is 6.10 Å². The number of aliphatic hydroxyl groups is 1. The second-order valence-electron chi connectivity index (χ2n) is 6.78. The van der Waals surface area contributed by atoms with Gasteiger partial charge in [-0.15, -0.1) is 0 Å². The molecule has 7 heteroatoms. The molecule has 0 radical (unpaired) electrons. The maximum atomic E-state index is 10.2. The zero-order valence-electron chi connectivity index (χ0n) is 16.8. The number of fused-ring (bicyclic) bond motifs is 1. The number of ether oxygens (including phenoxy) is 2. The van der Waals surface area contributed by atoms with E-state index in [0.717, 1.165) is 16.6 Å². The van der Waals surface area contributed by atoms with Gasteiger partial charge in [0.25, 0.3) is 0 Å². The lowest BCUT2D eigenvalue weighted by Gasteiger charge is -2.14. The Morgan fingerprint density at radius 3 is 2.37 bits per heavy atom. The third kappa shape index (κ3) is 3.34. The highest BCUT2D eigenvalue weighted by Crippen LogP contribution is 2.33. The van der Waals surface area contributed by atoms with Crippen LogP contribution >= 0.6 is 0 Å². The van der Waals surface area contributed by atoms with Crippen molar-refractivity contribution in [3.8, 4) is 34.6 Å². The molecular formula is C23H20N4O3. The molecule has 0 fully saturated rings. The van der Waals surface area contributed by atoms with Crippen LogP contribution in [0.4, 0.5) is 0 Å². The van der Waals surface area contributed by atoms with E-state index in [1.54, 1.807) is 39.6 Å². The Balaban J connectivity index is 1.89. The lowest BCUT2D eigenvalue weighted by molar-refractivity contribution is 0.199. The number of aliphatic hydroxyl groups excluding tert-OH is 1. The summed E-state index contributed by atoms with van der Waals surface area (Å²) in [5.74, 6) is 1.85. The monoisotopic (exact) mass is 400 g/mol. The highest BCUT2D eigenvalue weighted by atomic mass is 16.5. The average molecular weight is 400 g/mol. The Kier molecular flexibility index (Phi) is 5.09. The molecule has 0 aliphatic carbocycles. The van der Waals surface area contributed by atoms with Crippen LogP contribution in [0, 0.1) is 11.3 Å². The van der Waals surface area contributed by atoms with Crippen molar-refractivity contribution >= 4 is 11.0 Å². The van der Waals surface area contributed by atoms with Crippen LogP contribution in [-0.4, -0.2) is 33.9 Å². The van der Waals surface area contributed by atoms with Gasteiger partial charge in [0, 0.05) is 23.3 Å². The van der Waals surface area contributed by atoms with Gasteiger partial charge in [0.05, 0.1) is 48.7 Å². The first-order valence-corrected chi connectivity index (χ1v) is 9.34. The first-order chi connectivity index (χ1) is 14.5. The number of hydrogen-bond acceptors (Lipinski definition) is 6. The van der Waals surface area contributed by atoms with Crippen molar-refractivity contribution < 1.29 is 14.6 Å². The summed E-state index contributed by atoms with van der Waals surface area (Å²) in [4.78, 5) is 9.28. The highest BCUT2D eigenvalue weighted by molar-refractivity contribution is 5.81. The summed E-state index contributed by atoms with van der Waals surface area (Å²) in [5, 5.41) is 19.3. The molecular weight excluding hydrogens is 380 g/mol. The summed E-state index contributed by atoms with van der Waals surface area (Å²) in [7, 11) is 3.17. The van der Waals surface area contributed by atoms with Gasteiger partial charge in [-0.1, -0.05) is 18.2 Å². The Hall–Kier alpha value is -3.89. The number of rotatable bonds is 5. The Morgan fingerprint density at radius 1 is 1.03 bits per heavy atom. The van der Waals surface area contributed by atoms with Gasteiger partial charge in [-0.25, -0.2) is 9.97 Å². The van der Waals surface area contributed by atoms with Crippen molar-refractivity contribution in [1.29, 1.82) is 5.26 Å². The van der Waals surface area contributed by atoms with Crippen molar-refractivity contribution in [2.75, 3.05) is 14.2 Å². The highest BCUT2D eigenvalue weighted by Gasteiger charge is 2.16. The van der Waals surface area contributed by atoms with Gasteiger partial charge < -0.3 is 14.6 Å². The molecule has 7 nitrogen and oxygen atoms in total. The molecule has 0 amide bonds. The van der Waals surface area contributed by atoms with Crippen LogP contribution in [0.1, 0.15) is 24.2 Å². The number of aromatic nitrogens is 3. The van der Waals surface area contributed by atoms with E-state index in [0.29, 0.717) is 34.1 Å². The molecule has 1 N–H and O–H groups in total. The molecule has 0 saturated carbocycles. The van der Waals surface area contributed by atoms with E-state index in [4.69, 9.17) is 19.7 Å². The minimum atomic E-state index is -0.693. The minimum Gasteiger partial charge on any atom is -0.493 e. The summed E-state index contributed by atoms with van der Waals surface area (Å²) in [5.41, 5.74) is 4.29. The van der Waals surface area contributed by atoms with E-state index in [1.807, 2.05) is 41.0 Å². The Bertz CT molecular complexity index is 1250. The lowest BCUT2D eigenvalue weighted by Crippen LogP contribution is -2.03. The predicted octanol–water partition coefficient (Wildman–Crippen LogP) is 4.03. The molecule has 0 saturated heterocycles. The van der Waals surface area contributed by atoms with Crippen molar-refractivity contribution in [2.45, 2.75) is 13.0 Å². The number of nitriles is 1. The largest absolute Gasteiger partial charge is 0.493 e. The van der Waals surface area contributed by atoms with Crippen LogP contribution < -0.4 is 9.47 Å². The number of pyridine rings is 1. The van der Waals surface area contributed by atoms with Crippen LogP contribution in [0.2, 0.25) is 0 Å². The molecule has 0 aliphatic heterocycles. The molecule has 30 heavy (non-hydrogen) atoms. The van der Waals surface area contributed by atoms with Crippen LogP contribution in [-0.2, 0) is 0 Å². The van der Waals surface area contributed by atoms with E-state index in [2.05, 4.69) is 11.1 Å². The minimum absolute atomic E-state index is 0.565. The first-order valence-electron chi connectivity index (χ1n) is 9.34. The quantitative estimate of drug-likeness (QED) is 0.544. The number of hydrogen-bond donors (Lipinski definition) is 1. The number of imidazole rings is 1. The molecule has 2 aromatic heterocycles. The second kappa shape index (κ2) is 7.85. The maximum absolute atomic E-state index is 10.2. The SMILES string of the molecule is COc1cc2ncn(-c3ccc(C(C)O)c(-c4ccc(C#N)cc4)n3)c2cc1OC. The fourth-order valence-electron chi connectivity index (χ4n) is 3.38. The van der Waals surface area contributed by atoms with E-state index in [9.17, 15) is 5.11 Å². The van der Waals surface area contributed by atoms with Crippen molar-refractivity contribution in [3.05, 3.63) is 66.0 Å². The van der Waals surface area contributed by atoms with Gasteiger partial charge in [-0.2, -0.15) is 5.26 Å². The lowest BCUT2D eigenvalue weighted by atomic mass is 10.0. The molecule has 2 heterocycles. The molecule has 4 aromatic rings. The van der Waals surface area contributed by atoms with Gasteiger partial charge >= 0.3 is 0 Å². The molecule has 150 valence electrons. The van der Waals surface area contributed by atoms with Gasteiger partial charge in [0.1, 0.15) is 12.1 Å². The smallest absolute Gasteiger partial charge is 0.163 e. The van der Waals surface area contributed by atoms with Gasteiger partial charge in [0.2, 0.25) is 0 Å². The van der Waals surface area contributed by atoms with E-state index in [-0.39, 0.29) is 0 Å². The Labute approximate surface area is 173 Å². The molecule has 4 rings (SSSR count). The first kappa shape index (κ1) is 19.4. The van der Waals surface area contributed by atoms with Gasteiger partial charge in [-0.05, 0) is 25.1 Å². The van der Waals surface area contributed by atoms with Gasteiger partial charge in [0.15, 0.2) is 11.5 Å². The molecule has 2 aromatic carbocycles. The van der Waals surface area contributed by atoms with E-state index in [1.165, 1.54) is 0 Å². The van der Waals surface area contributed by atoms with Crippen molar-refractivity contribution in [1.82, 2.24) is 14.5 Å². The van der Waals surface area contributed by atoms with Crippen molar-refractivity contribution in [2.24, 2.45) is 0 Å². The number of nitrogens with zero attached hydrogens (tertiary/aromatic N) is 4. The topological polar surface area (TPSA) is 93.2 Å². The summed E-state index contributed by atoms with van der Waals surface area (Å²) < 4.78 is 12.6. The molecule has 1 atom stereocenters. The Morgan fingerprint density at radius 2 is 1.73 bits per heavy atom. The standard InChI is InChI=1S/C23H20N4O3/c1-14(28)17-8-9-22(26-23(17)16-6-4-15(12-24)5-7-16)27-13-25-18-10-20(29-2)21(30-3)11-19(18)27/h4-11,13-14,28H,1-3H3. The van der Waals surface area contributed by atoms with Crippen LogP contribution in [0.3, 0.4) is 0 Å². The molecule has 0 aliphatic rings. The molecule has 1 unspecified atom stereocenters. The molecule has 0 bridgehead atoms. The average Bonchev–Trinajstić information content (AvgIpc) is 3.20. The maximum Gasteiger partial charge on any atom is 0.163 e. The van der Waals surface area contributed by atoms with Crippen LogP contribution in [0.25, 0.3) is 28.1 Å². The summed E-state index contributed by atoms with van der Waals surface area (Å²) in [6.07, 6.45) is 0.998. The van der Waals surface area contributed by atoms with E-state index >= 15 is 0 Å². The normalized spacial score (nSPS) is 11.8. The van der Waals surface area contributed by atoms with Gasteiger partial charge in [-0.3, -0.25) is 4.57 Å². The third-order valence-electron chi connectivity index (χ3n) is 4.95. The third-order valence-corrected chi connectivity index (χ3v) is 4.95. The number of benzene rings is 2. The summed E-state index contributed by atoms with van der Waals surface area (Å²) in [6, 6.07) is 16.6. The zero-order valence-corrected chi connectivity index (χ0v) is 16.8. The van der Waals surface area contributed by atoms with Crippen LogP contribution in [0.5, 0.6) is 11.5 Å². The fraction of sp³-hybridized carbons (Fsp3) is 0.174. The fourth-order valence-corrected chi connectivity index (χ4v) is 3.38. The summed E-state index contributed by atoms with van der Waals surface area (Å²) >= 11 is 0. The molecule has 0 spiro atoms. The second-order valence-corrected chi connectivity index (χ2v) is 6.78. The number of methoxy groups -OCH3 is 2.